The molecule has 0 heterocycles. The molecule has 14 heavy (non-hydrogen) atoms. The Morgan fingerprint density at radius 3 is 0.286 bits per heavy atom. The second kappa shape index (κ2) is 5460. The Bertz CT molecular complexity index is 95.3. The van der Waals surface area contributed by atoms with Gasteiger partial charge in [0.25, 0.3) is 0 Å². The van der Waals surface area contributed by atoms with Crippen LogP contribution in [0, 0.1) is 39.9 Å². The van der Waals surface area contributed by atoms with E-state index in [4.69, 9.17) is 27.9 Å². The first kappa shape index (κ1) is 70.2. The van der Waals surface area contributed by atoms with Gasteiger partial charge in [-0.3, -0.25) is 0 Å². The fourth-order valence-corrected chi connectivity index (χ4v) is 0. The van der Waals surface area contributed by atoms with Crippen LogP contribution in [0.2, 0.25) is 0 Å². The van der Waals surface area contributed by atoms with E-state index >= 15 is 0 Å². The van der Waals surface area contributed by atoms with Gasteiger partial charge in [-0.1, -0.05) is 0 Å². The van der Waals surface area contributed by atoms with Gasteiger partial charge in [0.15, 0.2) is 0 Å². The van der Waals surface area contributed by atoms with Crippen LogP contribution in [0.1, 0.15) is 0 Å². The van der Waals surface area contributed by atoms with Crippen molar-refractivity contribution in [1.29, 1.82) is 0 Å². The third-order valence-electron chi connectivity index (χ3n) is 0. The van der Waals surface area contributed by atoms with Gasteiger partial charge in [0.2, 0.25) is 0 Å². The van der Waals surface area contributed by atoms with Gasteiger partial charge >= 0.3 is 67.8 Å². The maximum atomic E-state index is 7.50. The second-order valence-corrected chi connectivity index (χ2v) is 0. The van der Waals surface area contributed by atoms with E-state index in [1.54, 1.807) is 0 Å². The minimum atomic E-state index is 0. The summed E-state index contributed by atoms with van der Waals surface area (Å²) in [6.07, 6.45) is 0. The van der Waals surface area contributed by atoms with Crippen molar-refractivity contribution in [2.45, 2.75) is 0 Å². The van der Waals surface area contributed by atoms with Crippen molar-refractivity contribution in [3.8, 4) is 0 Å². The molecule has 0 aromatic rings. The minimum Gasteiger partial charge on any atom is 0 e. The van der Waals surface area contributed by atoms with E-state index in [0.29, 0.717) is 0 Å². The molecule has 2 radical (unpaired) electrons. The first-order valence-corrected chi connectivity index (χ1v) is 1.22. The Kier molecular flexibility index (Phi) is 27400. The van der Waals surface area contributed by atoms with Crippen LogP contribution in [0.5, 0.6) is 0 Å². The monoisotopic (exact) mass is 286 g/mol. The Labute approximate surface area is 102 Å². The molecular formula is C6Co2O6. The average molecular weight is 286 g/mol. The predicted octanol–water partition coefficient (Wildman–Crippen LogP) is -0.230. The van der Waals surface area contributed by atoms with Crippen LogP contribution >= 0.6 is 0 Å². The zero-order valence-electron chi connectivity index (χ0n) is 6.12. The topological polar surface area (TPSA) is 119 Å². The summed E-state index contributed by atoms with van der Waals surface area (Å²) in [6, 6.07) is 0. The standard InChI is InChI=1S/6CO.2Co/c6*1-2;;. The van der Waals surface area contributed by atoms with Gasteiger partial charge in [0.05, 0.1) is 0 Å². The molecule has 78 valence electrons. The molecule has 0 saturated carbocycles. The van der Waals surface area contributed by atoms with E-state index in [1.807, 2.05) is 0 Å². The molecule has 0 saturated heterocycles. The fraction of sp³-hybridized carbons (Fsp3) is 0. The Morgan fingerprint density at radius 1 is 0.286 bits per heavy atom. The molecule has 0 spiro atoms. The number of hydrogen-bond donors (Lipinski definition) is 0. The largest absolute Gasteiger partial charge is 0 e. The normalized spacial score (nSPS) is 0.857. The van der Waals surface area contributed by atoms with E-state index in [9.17, 15) is 0 Å². The summed E-state index contributed by atoms with van der Waals surface area (Å²) in [4.78, 5) is 0. The SMILES string of the molecule is [C-]#[O+].[C-]#[O+].[C-]#[O+].[C-]#[O+].[C-]#[O+].[C-]#[O+].[Co].[Co]. The van der Waals surface area contributed by atoms with Gasteiger partial charge in [-0.2, -0.15) is 0 Å². The third-order valence-corrected chi connectivity index (χ3v) is 0. The maximum absolute atomic E-state index is 7.50. The van der Waals surface area contributed by atoms with Gasteiger partial charge in [-0.25, -0.2) is 0 Å². The third kappa shape index (κ3) is 4180. The number of rotatable bonds is 0. The molecule has 0 aliphatic carbocycles. The molecule has 0 aromatic carbocycles. The van der Waals surface area contributed by atoms with E-state index < -0.39 is 0 Å². The van der Waals surface area contributed by atoms with Crippen LogP contribution in [0.4, 0.5) is 0 Å². The van der Waals surface area contributed by atoms with Gasteiger partial charge < -0.3 is 0 Å². The van der Waals surface area contributed by atoms with E-state index in [-0.39, 0.29) is 33.6 Å². The molecular weight excluding hydrogens is 286 g/mol. The predicted molar refractivity (Wildman–Crippen MR) is 23.6 cm³/mol. The second-order valence-electron chi connectivity index (χ2n) is 0. The molecule has 6 nitrogen and oxygen atoms in total. The van der Waals surface area contributed by atoms with E-state index in [2.05, 4.69) is 39.9 Å². The molecule has 0 aromatic heterocycles. The van der Waals surface area contributed by atoms with Crippen molar-refractivity contribution in [2.75, 3.05) is 0 Å². The van der Waals surface area contributed by atoms with Crippen LogP contribution in [0.3, 0.4) is 0 Å². The fourth-order valence-electron chi connectivity index (χ4n) is 0. The quantitative estimate of drug-likeness (QED) is 0.431. The van der Waals surface area contributed by atoms with Crippen LogP contribution in [-0.2, 0) is 61.5 Å². The molecule has 0 N–H and O–H groups in total. The molecule has 0 aliphatic heterocycles. The van der Waals surface area contributed by atoms with Crippen LogP contribution < -0.4 is 0 Å². The molecule has 0 rings (SSSR count). The van der Waals surface area contributed by atoms with Crippen molar-refractivity contribution in [1.82, 2.24) is 0 Å². The van der Waals surface area contributed by atoms with Crippen molar-refractivity contribution < 1.29 is 61.5 Å². The van der Waals surface area contributed by atoms with Crippen molar-refractivity contribution in [2.24, 2.45) is 0 Å². The molecule has 0 fully saturated rings. The maximum Gasteiger partial charge on any atom is 0 e. The smallest absolute Gasteiger partial charge is 0 e. The molecule has 0 unspecified atom stereocenters. The Balaban J connectivity index is -0.00000000500. The summed E-state index contributed by atoms with van der Waals surface area (Å²) < 4.78 is 45.0. The molecule has 8 heteroatoms. The zero-order chi connectivity index (χ0) is 12.0. The average Bonchev–Trinajstić information content (AvgIpc) is 2.33. The van der Waals surface area contributed by atoms with Gasteiger partial charge in [0, 0.05) is 33.6 Å². The van der Waals surface area contributed by atoms with Gasteiger partial charge in [-0.05, 0) is 0 Å². The van der Waals surface area contributed by atoms with E-state index in [0.717, 1.165) is 0 Å². The molecule has 0 aliphatic rings. The van der Waals surface area contributed by atoms with E-state index in [1.165, 1.54) is 0 Å². The summed E-state index contributed by atoms with van der Waals surface area (Å²) in [5, 5.41) is 0. The molecule has 0 bridgehead atoms. The Hall–Kier alpha value is -0.547. The van der Waals surface area contributed by atoms with Crippen molar-refractivity contribution in [3.05, 3.63) is 39.9 Å². The minimum absolute atomic E-state index is 0. The van der Waals surface area contributed by atoms with Crippen molar-refractivity contribution >= 4 is 0 Å². The first-order valence-electron chi connectivity index (χ1n) is 1.22. The molecule has 0 amide bonds. The Morgan fingerprint density at radius 2 is 0.286 bits per heavy atom. The summed E-state index contributed by atoms with van der Waals surface area (Å²) in [5.74, 6) is 0. The summed E-state index contributed by atoms with van der Waals surface area (Å²) >= 11 is 0. The number of hydrogen-bond acceptors (Lipinski definition) is 0. The van der Waals surface area contributed by atoms with Crippen molar-refractivity contribution in [3.63, 3.8) is 0 Å². The summed E-state index contributed by atoms with van der Waals surface area (Å²) in [7, 11) is 0. The zero-order valence-corrected chi connectivity index (χ0v) is 8.20. The first-order chi connectivity index (χ1) is 6.00. The van der Waals surface area contributed by atoms with Gasteiger partial charge in [0.1, 0.15) is 0 Å². The van der Waals surface area contributed by atoms with Gasteiger partial charge in [-0.15, -0.1) is 0 Å². The van der Waals surface area contributed by atoms with Crippen LogP contribution in [0.15, 0.2) is 0 Å². The van der Waals surface area contributed by atoms with Crippen LogP contribution in [-0.4, -0.2) is 0 Å². The summed E-state index contributed by atoms with van der Waals surface area (Å²) in [6.45, 7) is 27.0. The van der Waals surface area contributed by atoms with Crippen LogP contribution in [0.25, 0.3) is 0 Å². The molecule has 0 atom stereocenters. The summed E-state index contributed by atoms with van der Waals surface area (Å²) in [5.41, 5.74) is 0.